The van der Waals surface area contributed by atoms with E-state index in [9.17, 15) is 4.79 Å². The lowest BCUT2D eigenvalue weighted by Crippen LogP contribution is -2.34. The van der Waals surface area contributed by atoms with E-state index in [1.54, 1.807) is 12.1 Å². The second-order valence-electron chi connectivity index (χ2n) is 3.91. The molecule has 19 heavy (non-hydrogen) atoms. The van der Waals surface area contributed by atoms with Gasteiger partial charge in [0.05, 0.1) is 9.75 Å². The van der Waals surface area contributed by atoms with Crippen molar-refractivity contribution in [2.45, 2.75) is 13.8 Å². The smallest absolute Gasteiger partial charge is 0.261 e. The average Bonchev–Trinajstić information content (AvgIpc) is 2.90. The number of likely N-dealkylation sites (N-methyl/N-ethyl adjacent to an activating group) is 1. The molecule has 5 heteroatoms. The van der Waals surface area contributed by atoms with Crippen LogP contribution in [-0.2, 0) is 0 Å². The summed E-state index contributed by atoms with van der Waals surface area (Å²) in [6, 6.07) is 3.56. The van der Waals surface area contributed by atoms with Crippen molar-refractivity contribution in [1.82, 2.24) is 10.2 Å². The molecule has 0 atom stereocenters. The zero-order chi connectivity index (χ0) is 14.1. The Morgan fingerprint density at radius 1 is 1.42 bits per heavy atom. The van der Waals surface area contributed by atoms with E-state index >= 15 is 0 Å². The highest BCUT2D eigenvalue weighted by atomic mass is 32.1. The van der Waals surface area contributed by atoms with Gasteiger partial charge < -0.3 is 15.3 Å². The quantitative estimate of drug-likeness (QED) is 0.769. The summed E-state index contributed by atoms with van der Waals surface area (Å²) < 4.78 is 0. The molecular formula is C14H20N2O2S. The SMILES string of the molecule is CCN(CC)CCNC(=O)c1ccc(C#CCO)s1. The van der Waals surface area contributed by atoms with Gasteiger partial charge in [0.2, 0.25) is 0 Å². The van der Waals surface area contributed by atoms with Crippen LogP contribution in [0.1, 0.15) is 28.4 Å². The summed E-state index contributed by atoms with van der Waals surface area (Å²) >= 11 is 1.34. The molecule has 0 aliphatic heterocycles. The number of thiophene rings is 1. The van der Waals surface area contributed by atoms with Crippen LogP contribution in [0.2, 0.25) is 0 Å². The lowest BCUT2D eigenvalue weighted by molar-refractivity contribution is 0.0953. The van der Waals surface area contributed by atoms with Crippen molar-refractivity contribution >= 4 is 17.2 Å². The van der Waals surface area contributed by atoms with E-state index in [0.29, 0.717) is 11.4 Å². The van der Waals surface area contributed by atoms with E-state index in [1.807, 2.05) is 0 Å². The lowest BCUT2D eigenvalue weighted by atomic mass is 10.4. The molecule has 0 aliphatic carbocycles. The molecular weight excluding hydrogens is 260 g/mol. The zero-order valence-corrected chi connectivity index (χ0v) is 12.2. The Kier molecular flexibility index (Phi) is 7.19. The van der Waals surface area contributed by atoms with Gasteiger partial charge in [0.25, 0.3) is 5.91 Å². The minimum Gasteiger partial charge on any atom is -0.384 e. The third-order valence-electron chi connectivity index (χ3n) is 2.73. The van der Waals surface area contributed by atoms with Crippen molar-refractivity contribution < 1.29 is 9.90 Å². The van der Waals surface area contributed by atoms with Gasteiger partial charge in [0, 0.05) is 13.1 Å². The normalized spacial score (nSPS) is 10.1. The fourth-order valence-corrected chi connectivity index (χ4v) is 2.41. The van der Waals surface area contributed by atoms with Gasteiger partial charge in [-0.05, 0) is 25.2 Å². The Labute approximate surface area is 118 Å². The van der Waals surface area contributed by atoms with Gasteiger partial charge in [-0.2, -0.15) is 0 Å². The first-order valence-electron chi connectivity index (χ1n) is 6.41. The number of aliphatic hydroxyl groups excluding tert-OH is 1. The number of carbonyl (C=O) groups is 1. The second kappa shape index (κ2) is 8.70. The minimum absolute atomic E-state index is 0.0609. The molecule has 0 saturated heterocycles. The molecule has 1 amide bonds. The fourth-order valence-electron chi connectivity index (χ4n) is 1.61. The van der Waals surface area contributed by atoms with E-state index < -0.39 is 0 Å². The van der Waals surface area contributed by atoms with E-state index in [0.717, 1.165) is 24.5 Å². The Morgan fingerprint density at radius 2 is 2.16 bits per heavy atom. The van der Waals surface area contributed by atoms with Crippen LogP contribution in [-0.4, -0.2) is 48.7 Å². The highest BCUT2D eigenvalue weighted by molar-refractivity contribution is 7.14. The predicted octanol–water partition coefficient (Wildman–Crippen LogP) is 1.16. The van der Waals surface area contributed by atoms with Crippen LogP contribution in [0.15, 0.2) is 12.1 Å². The summed E-state index contributed by atoms with van der Waals surface area (Å²) in [5.74, 6) is 5.30. The molecule has 1 rings (SSSR count). The van der Waals surface area contributed by atoms with E-state index in [-0.39, 0.29) is 12.5 Å². The van der Waals surface area contributed by atoms with Gasteiger partial charge in [0.1, 0.15) is 6.61 Å². The Bertz CT molecular complexity index is 456. The number of amides is 1. The predicted molar refractivity (Wildman–Crippen MR) is 78.4 cm³/mol. The standard InChI is InChI=1S/C14H20N2O2S/c1-3-16(4-2)10-9-15-14(18)13-8-7-12(19-13)6-5-11-17/h7-8,17H,3-4,9-11H2,1-2H3,(H,15,18). The van der Waals surface area contributed by atoms with Crippen molar-refractivity contribution in [3.8, 4) is 11.8 Å². The number of aliphatic hydroxyl groups is 1. The van der Waals surface area contributed by atoms with Gasteiger partial charge in [-0.3, -0.25) is 4.79 Å². The van der Waals surface area contributed by atoms with Crippen molar-refractivity contribution in [3.05, 3.63) is 21.9 Å². The molecule has 0 bridgehead atoms. The third-order valence-corrected chi connectivity index (χ3v) is 3.73. The van der Waals surface area contributed by atoms with Gasteiger partial charge in [-0.1, -0.05) is 25.7 Å². The van der Waals surface area contributed by atoms with Crippen LogP contribution in [0, 0.1) is 11.8 Å². The maximum Gasteiger partial charge on any atom is 0.261 e. The molecule has 1 heterocycles. The molecule has 0 radical (unpaired) electrons. The first-order valence-corrected chi connectivity index (χ1v) is 7.23. The molecule has 1 aromatic heterocycles. The monoisotopic (exact) mass is 280 g/mol. The molecule has 0 fully saturated rings. The highest BCUT2D eigenvalue weighted by Crippen LogP contribution is 2.14. The Hall–Kier alpha value is -1.35. The maximum atomic E-state index is 11.9. The van der Waals surface area contributed by atoms with Gasteiger partial charge in [-0.25, -0.2) is 0 Å². The van der Waals surface area contributed by atoms with E-state index in [1.165, 1.54) is 11.3 Å². The molecule has 0 aromatic carbocycles. The summed E-state index contributed by atoms with van der Waals surface area (Å²) in [4.78, 5) is 15.6. The number of nitrogens with one attached hydrogen (secondary N) is 1. The van der Waals surface area contributed by atoms with Gasteiger partial charge in [-0.15, -0.1) is 11.3 Å². The molecule has 2 N–H and O–H groups in total. The number of nitrogens with zero attached hydrogens (tertiary/aromatic N) is 1. The summed E-state index contributed by atoms with van der Waals surface area (Å²) in [5, 5.41) is 11.5. The molecule has 0 saturated carbocycles. The number of hydrogen-bond acceptors (Lipinski definition) is 4. The Balaban J connectivity index is 2.43. The average molecular weight is 280 g/mol. The highest BCUT2D eigenvalue weighted by Gasteiger charge is 2.08. The topological polar surface area (TPSA) is 52.6 Å². The third kappa shape index (κ3) is 5.43. The van der Waals surface area contributed by atoms with Crippen LogP contribution in [0.5, 0.6) is 0 Å². The maximum absolute atomic E-state index is 11.9. The van der Waals surface area contributed by atoms with Crippen LogP contribution in [0.3, 0.4) is 0 Å². The van der Waals surface area contributed by atoms with Crippen LogP contribution in [0.4, 0.5) is 0 Å². The summed E-state index contributed by atoms with van der Waals surface area (Å²) in [5.41, 5.74) is 0. The van der Waals surface area contributed by atoms with Crippen molar-refractivity contribution in [2.75, 3.05) is 32.8 Å². The lowest BCUT2D eigenvalue weighted by Gasteiger charge is -2.17. The fraction of sp³-hybridized carbons (Fsp3) is 0.500. The molecule has 0 aliphatic rings. The van der Waals surface area contributed by atoms with Crippen LogP contribution in [0.25, 0.3) is 0 Å². The van der Waals surface area contributed by atoms with Crippen molar-refractivity contribution in [3.63, 3.8) is 0 Å². The van der Waals surface area contributed by atoms with Crippen LogP contribution >= 0.6 is 11.3 Å². The van der Waals surface area contributed by atoms with Crippen molar-refractivity contribution in [1.29, 1.82) is 0 Å². The molecule has 1 aromatic rings. The van der Waals surface area contributed by atoms with Gasteiger partial charge >= 0.3 is 0 Å². The summed E-state index contributed by atoms with van der Waals surface area (Å²) in [7, 11) is 0. The summed E-state index contributed by atoms with van der Waals surface area (Å²) in [6.07, 6.45) is 0. The molecule has 0 unspecified atom stereocenters. The first-order chi connectivity index (χ1) is 9.21. The van der Waals surface area contributed by atoms with Crippen LogP contribution < -0.4 is 5.32 Å². The van der Waals surface area contributed by atoms with E-state index in [2.05, 4.69) is 35.9 Å². The minimum atomic E-state index is -0.163. The molecule has 104 valence electrons. The molecule has 4 nitrogen and oxygen atoms in total. The largest absolute Gasteiger partial charge is 0.384 e. The molecule has 0 spiro atoms. The summed E-state index contributed by atoms with van der Waals surface area (Å²) in [6.45, 7) is 7.55. The second-order valence-corrected chi connectivity index (χ2v) is 4.99. The Morgan fingerprint density at radius 3 is 2.79 bits per heavy atom. The zero-order valence-electron chi connectivity index (χ0n) is 11.4. The number of rotatable bonds is 6. The van der Waals surface area contributed by atoms with Crippen molar-refractivity contribution in [2.24, 2.45) is 0 Å². The first kappa shape index (κ1) is 15.7. The number of hydrogen-bond donors (Lipinski definition) is 2. The number of carbonyl (C=O) groups excluding carboxylic acids is 1. The van der Waals surface area contributed by atoms with Gasteiger partial charge in [0.15, 0.2) is 0 Å². The van der Waals surface area contributed by atoms with E-state index in [4.69, 9.17) is 5.11 Å².